The van der Waals surface area contributed by atoms with E-state index in [0.717, 1.165) is 25.3 Å². The van der Waals surface area contributed by atoms with Crippen molar-refractivity contribution in [2.75, 3.05) is 43.2 Å². The molecule has 13 heteroatoms. The van der Waals surface area contributed by atoms with Crippen LogP contribution in [0.3, 0.4) is 0 Å². The van der Waals surface area contributed by atoms with E-state index >= 15 is 0 Å². The summed E-state index contributed by atoms with van der Waals surface area (Å²) in [5.74, 6) is -1.56. The molecular formula is C20H31F3N6O4. The highest BCUT2D eigenvalue weighted by Crippen LogP contribution is 2.30. The quantitative estimate of drug-likeness (QED) is 0.239. The first-order chi connectivity index (χ1) is 15.7. The molecule has 2 heterocycles. The third kappa shape index (κ3) is 8.31. The van der Waals surface area contributed by atoms with E-state index in [1.165, 1.54) is 0 Å². The Morgan fingerprint density at radius 1 is 1.33 bits per heavy atom. The Hall–Kier alpha value is -2.67. The number of morpholine rings is 1. The van der Waals surface area contributed by atoms with Crippen molar-refractivity contribution < 1.29 is 32.7 Å². The van der Waals surface area contributed by atoms with E-state index in [2.05, 4.69) is 20.8 Å². The van der Waals surface area contributed by atoms with Gasteiger partial charge < -0.3 is 9.64 Å². The van der Waals surface area contributed by atoms with Crippen LogP contribution in [0.4, 0.5) is 24.9 Å². The van der Waals surface area contributed by atoms with Gasteiger partial charge in [-0.15, -0.1) is 0 Å². The number of nitrogens with one attached hydrogen (secondary N) is 2. The monoisotopic (exact) mass is 476 g/mol. The molecule has 2 atom stereocenters. The number of hydrogen-bond acceptors (Lipinski definition) is 8. The molecule has 0 spiro atoms. The molecule has 1 aromatic rings. The van der Waals surface area contributed by atoms with E-state index < -0.39 is 29.6 Å². The number of halogens is 3. The average molecular weight is 477 g/mol. The molecule has 0 aromatic carbocycles. The number of nitrogens with zero attached hydrogens (tertiary/aromatic N) is 4. The molecular weight excluding hydrogens is 445 g/mol. The molecule has 1 aromatic heterocycles. The van der Waals surface area contributed by atoms with Crippen LogP contribution < -0.4 is 15.8 Å². The molecule has 186 valence electrons. The SMILES string of the molecule is CCCC(CC)CC(CN(O)C=O)C(=O)NNc1nc(N2CCOCC2)cc(C(F)(F)F)n1. The van der Waals surface area contributed by atoms with Crippen LogP contribution in [0, 0.1) is 11.8 Å². The second-order valence-corrected chi connectivity index (χ2v) is 7.87. The third-order valence-electron chi connectivity index (χ3n) is 5.43. The van der Waals surface area contributed by atoms with Gasteiger partial charge in [0.15, 0.2) is 5.69 Å². The maximum atomic E-state index is 13.4. The zero-order valence-corrected chi connectivity index (χ0v) is 18.8. The molecule has 0 saturated carbocycles. The van der Waals surface area contributed by atoms with Crippen molar-refractivity contribution >= 4 is 24.1 Å². The molecule has 1 fully saturated rings. The molecule has 1 aliphatic heterocycles. The van der Waals surface area contributed by atoms with Crippen LogP contribution in [0.2, 0.25) is 0 Å². The second kappa shape index (κ2) is 12.5. The van der Waals surface area contributed by atoms with E-state index in [1.54, 1.807) is 4.90 Å². The number of hydrazine groups is 1. The number of alkyl halides is 3. The van der Waals surface area contributed by atoms with Crippen molar-refractivity contribution in [3.05, 3.63) is 11.8 Å². The summed E-state index contributed by atoms with van der Waals surface area (Å²) in [4.78, 5) is 32.8. The Morgan fingerprint density at radius 2 is 2.03 bits per heavy atom. The Balaban J connectivity index is 2.17. The van der Waals surface area contributed by atoms with Gasteiger partial charge in [0.05, 0.1) is 25.7 Å². The molecule has 0 aliphatic carbocycles. The Bertz CT molecular complexity index is 777. The summed E-state index contributed by atoms with van der Waals surface area (Å²) in [6, 6.07) is 0.853. The second-order valence-electron chi connectivity index (χ2n) is 7.87. The summed E-state index contributed by atoms with van der Waals surface area (Å²) in [5.41, 5.74) is 3.54. The minimum Gasteiger partial charge on any atom is -0.378 e. The molecule has 2 unspecified atom stereocenters. The molecule has 10 nitrogen and oxygen atoms in total. The number of hydrogen-bond donors (Lipinski definition) is 3. The summed E-state index contributed by atoms with van der Waals surface area (Å²) in [6.45, 7) is 5.20. The summed E-state index contributed by atoms with van der Waals surface area (Å²) in [5, 5.41) is 9.96. The van der Waals surface area contributed by atoms with Gasteiger partial charge in [-0.05, 0) is 12.3 Å². The number of carbonyl (C=O) groups excluding carboxylic acids is 2. The van der Waals surface area contributed by atoms with Crippen molar-refractivity contribution in [2.45, 2.75) is 45.7 Å². The van der Waals surface area contributed by atoms with Crippen molar-refractivity contribution in [2.24, 2.45) is 11.8 Å². The van der Waals surface area contributed by atoms with Crippen LogP contribution in [0.1, 0.15) is 45.2 Å². The van der Waals surface area contributed by atoms with E-state index in [9.17, 15) is 28.0 Å². The number of anilines is 2. The fraction of sp³-hybridized carbons (Fsp3) is 0.700. The van der Waals surface area contributed by atoms with Gasteiger partial charge in [-0.2, -0.15) is 18.2 Å². The van der Waals surface area contributed by atoms with E-state index in [4.69, 9.17) is 4.74 Å². The van der Waals surface area contributed by atoms with Crippen molar-refractivity contribution in [3.63, 3.8) is 0 Å². The zero-order valence-electron chi connectivity index (χ0n) is 18.8. The minimum absolute atomic E-state index is 0.0606. The molecule has 0 radical (unpaired) electrons. The minimum atomic E-state index is -4.71. The summed E-state index contributed by atoms with van der Waals surface area (Å²) in [6.07, 6.45) is -1.55. The Morgan fingerprint density at radius 3 is 2.61 bits per heavy atom. The number of carbonyl (C=O) groups is 2. The lowest BCUT2D eigenvalue weighted by Crippen LogP contribution is -2.41. The number of hydroxylamine groups is 2. The van der Waals surface area contributed by atoms with Crippen LogP contribution in [0.15, 0.2) is 6.07 Å². The average Bonchev–Trinajstić information content (AvgIpc) is 2.81. The van der Waals surface area contributed by atoms with Crippen molar-refractivity contribution in [1.29, 1.82) is 0 Å². The predicted octanol–water partition coefficient (Wildman–Crippen LogP) is 2.46. The van der Waals surface area contributed by atoms with Crippen molar-refractivity contribution in [1.82, 2.24) is 20.5 Å². The fourth-order valence-corrected chi connectivity index (χ4v) is 3.64. The van der Waals surface area contributed by atoms with Crippen LogP contribution >= 0.6 is 0 Å². The van der Waals surface area contributed by atoms with E-state index in [0.29, 0.717) is 37.8 Å². The summed E-state index contributed by atoms with van der Waals surface area (Å²) < 4.78 is 45.3. The van der Waals surface area contributed by atoms with Crippen LogP contribution in [0.5, 0.6) is 0 Å². The lowest BCUT2D eigenvalue weighted by Gasteiger charge is -2.28. The van der Waals surface area contributed by atoms with Crippen LogP contribution in [-0.2, 0) is 20.5 Å². The first kappa shape index (κ1) is 26.6. The standard InChI is InChI=1S/C20H31F3N6O4/c1-3-5-14(4-2)10-15(12-29(32)13-30)18(31)26-27-19-24-16(20(21,22)23)11-17(25-19)28-6-8-33-9-7-28/h11,13-15,32H,3-10,12H2,1-2H3,(H,26,31)(H,24,25,27). The highest BCUT2D eigenvalue weighted by Gasteiger charge is 2.34. The highest BCUT2D eigenvalue weighted by molar-refractivity contribution is 5.80. The smallest absolute Gasteiger partial charge is 0.378 e. The number of rotatable bonds is 12. The van der Waals surface area contributed by atoms with Gasteiger partial charge in [-0.1, -0.05) is 33.1 Å². The Kier molecular flexibility index (Phi) is 10.1. The van der Waals surface area contributed by atoms with Gasteiger partial charge in [0, 0.05) is 19.2 Å². The molecule has 0 bridgehead atoms. The normalized spacial score (nSPS) is 16.1. The van der Waals surface area contributed by atoms with Gasteiger partial charge in [0.1, 0.15) is 5.82 Å². The number of amides is 2. The Labute approximate surface area is 190 Å². The summed E-state index contributed by atoms with van der Waals surface area (Å²) in [7, 11) is 0. The number of ether oxygens (including phenoxy) is 1. The lowest BCUT2D eigenvalue weighted by atomic mass is 9.88. The first-order valence-corrected chi connectivity index (χ1v) is 10.9. The lowest BCUT2D eigenvalue weighted by molar-refractivity contribution is -0.155. The molecule has 33 heavy (non-hydrogen) atoms. The molecule has 2 amide bonds. The van der Waals surface area contributed by atoms with Crippen molar-refractivity contribution in [3.8, 4) is 0 Å². The maximum absolute atomic E-state index is 13.4. The van der Waals surface area contributed by atoms with Crippen LogP contribution in [0.25, 0.3) is 0 Å². The zero-order chi connectivity index (χ0) is 24.4. The van der Waals surface area contributed by atoms with E-state index in [-0.39, 0.29) is 24.7 Å². The van der Waals surface area contributed by atoms with Gasteiger partial charge in [-0.25, -0.2) is 10.0 Å². The van der Waals surface area contributed by atoms with Gasteiger partial charge in [0.2, 0.25) is 18.3 Å². The maximum Gasteiger partial charge on any atom is 0.433 e. The topological polar surface area (TPSA) is 120 Å². The molecule has 3 N–H and O–H groups in total. The third-order valence-corrected chi connectivity index (χ3v) is 5.43. The molecule has 1 aliphatic rings. The summed E-state index contributed by atoms with van der Waals surface area (Å²) >= 11 is 0. The van der Waals surface area contributed by atoms with Crippen LogP contribution in [-0.4, -0.2) is 65.4 Å². The highest BCUT2D eigenvalue weighted by atomic mass is 19.4. The first-order valence-electron chi connectivity index (χ1n) is 10.9. The van der Waals surface area contributed by atoms with E-state index in [1.807, 2.05) is 13.8 Å². The van der Waals surface area contributed by atoms with Gasteiger partial charge in [-0.3, -0.25) is 25.6 Å². The van der Waals surface area contributed by atoms with Gasteiger partial charge in [0.25, 0.3) is 0 Å². The molecule has 1 saturated heterocycles. The molecule has 2 rings (SSSR count). The largest absolute Gasteiger partial charge is 0.433 e. The predicted molar refractivity (Wildman–Crippen MR) is 113 cm³/mol. The number of aromatic nitrogens is 2. The van der Waals surface area contributed by atoms with Gasteiger partial charge >= 0.3 is 6.18 Å². The fourth-order valence-electron chi connectivity index (χ4n) is 3.64.